The predicted octanol–water partition coefficient (Wildman–Crippen LogP) is 3.95. The van der Waals surface area contributed by atoms with Crippen molar-refractivity contribution in [3.05, 3.63) is 57.0 Å². The number of nitrogens with two attached hydrogens (primary N) is 1. The van der Waals surface area contributed by atoms with Crippen LogP contribution in [0.4, 0.5) is 11.4 Å². The van der Waals surface area contributed by atoms with E-state index in [1.54, 1.807) is 30.3 Å². The molecule has 0 spiro atoms. The van der Waals surface area contributed by atoms with Gasteiger partial charge in [0, 0.05) is 15.7 Å². The molecule has 2 aromatic carbocycles. The van der Waals surface area contributed by atoms with Crippen molar-refractivity contribution in [2.24, 2.45) is 5.84 Å². The summed E-state index contributed by atoms with van der Waals surface area (Å²) in [6.45, 7) is 1.85. The fourth-order valence-electron chi connectivity index (χ4n) is 1.79. The predicted molar refractivity (Wildman–Crippen MR) is 86.1 cm³/mol. The van der Waals surface area contributed by atoms with E-state index in [2.05, 4.69) is 26.7 Å². The number of hydrogen-bond acceptors (Lipinski definition) is 3. The maximum atomic E-state index is 12.2. The Kier molecular flexibility index (Phi) is 4.65. The molecule has 0 aliphatic carbocycles. The molecule has 0 heterocycles. The van der Waals surface area contributed by atoms with E-state index in [0.717, 1.165) is 15.7 Å². The number of hydrazine groups is 1. The van der Waals surface area contributed by atoms with Crippen LogP contribution in [-0.2, 0) is 0 Å². The summed E-state index contributed by atoms with van der Waals surface area (Å²) in [6, 6.07) is 10.5. The van der Waals surface area contributed by atoms with Crippen molar-refractivity contribution in [1.82, 2.24) is 0 Å². The first-order valence-corrected chi connectivity index (χ1v) is 7.02. The van der Waals surface area contributed by atoms with Crippen molar-refractivity contribution in [3.8, 4) is 0 Å². The maximum absolute atomic E-state index is 12.2. The number of carbonyl (C=O) groups excluding carboxylic acids is 1. The molecule has 0 fully saturated rings. The molecule has 4 N–H and O–H groups in total. The molecular weight excluding hydrogens is 342 g/mol. The first-order chi connectivity index (χ1) is 9.51. The fraction of sp³-hybridized carbons (Fsp3) is 0.0714. The Bertz CT molecular complexity index is 661. The molecule has 0 aromatic heterocycles. The quantitative estimate of drug-likeness (QED) is 0.577. The smallest absolute Gasteiger partial charge is 0.255 e. The summed E-state index contributed by atoms with van der Waals surface area (Å²) in [7, 11) is 0. The number of benzene rings is 2. The zero-order valence-electron chi connectivity index (χ0n) is 10.7. The largest absolute Gasteiger partial charge is 0.324 e. The van der Waals surface area contributed by atoms with Gasteiger partial charge in [-0.15, -0.1) is 0 Å². The van der Waals surface area contributed by atoms with Crippen molar-refractivity contribution in [2.75, 3.05) is 10.7 Å². The highest BCUT2D eigenvalue weighted by molar-refractivity contribution is 9.10. The van der Waals surface area contributed by atoms with Crippen LogP contribution in [0.25, 0.3) is 0 Å². The highest BCUT2D eigenvalue weighted by Gasteiger charge is 2.11. The van der Waals surface area contributed by atoms with Crippen LogP contribution < -0.4 is 16.6 Å². The maximum Gasteiger partial charge on any atom is 0.255 e. The van der Waals surface area contributed by atoms with Gasteiger partial charge in [0.1, 0.15) is 0 Å². The zero-order chi connectivity index (χ0) is 14.7. The topological polar surface area (TPSA) is 67.1 Å². The fourth-order valence-corrected chi connectivity index (χ4v) is 2.51. The number of anilines is 2. The Morgan fingerprint density at radius 2 is 2.00 bits per heavy atom. The van der Waals surface area contributed by atoms with Crippen LogP contribution in [0.15, 0.2) is 40.9 Å². The van der Waals surface area contributed by atoms with E-state index in [1.165, 1.54) is 0 Å². The first-order valence-electron chi connectivity index (χ1n) is 5.85. The van der Waals surface area contributed by atoms with Crippen LogP contribution >= 0.6 is 27.5 Å². The summed E-state index contributed by atoms with van der Waals surface area (Å²) in [5.41, 5.74) is 5.26. The van der Waals surface area contributed by atoms with Crippen LogP contribution in [0.1, 0.15) is 15.9 Å². The number of carbonyl (C=O) groups is 1. The molecule has 2 aromatic rings. The lowest BCUT2D eigenvalue weighted by molar-refractivity contribution is 0.102. The van der Waals surface area contributed by atoms with Crippen LogP contribution in [0, 0.1) is 6.92 Å². The molecule has 0 aliphatic rings. The van der Waals surface area contributed by atoms with Gasteiger partial charge in [0.2, 0.25) is 0 Å². The molecule has 0 saturated carbocycles. The Labute approximate surface area is 130 Å². The highest BCUT2D eigenvalue weighted by atomic mass is 79.9. The number of hydrogen-bond donors (Lipinski definition) is 3. The van der Waals surface area contributed by atoms with E-state index < -0.39 is 0 Å². The number of halogens is 2. The van der Waals surface area contributed by atoms with E-state index >= 15 is 0 Å². The summed E-state index contributed by atoms with van der Waals surface area (Å²) >= 11 is 9.40. The molecule has 0 atom stereocenters. The second-order valence-corrected chi connectivity index (χ2v) is 5.58. The van der Waals surface area contributed by atoms with Gasteiger partial charge >= 0.3 is 0 Å². The van der Waals surface area contributed by atoms with Crippen molar-refractivity contribution in [3.63, 3.8) is 0 Å². The minimum absolute atomic E-state index is 0.213. The van der Waals surface area contributed by atoms with E-state index in [9.17, 15) is 4.79 Å². The zero-order valence-corrected chi connectivity index (χ0v) is 13.0. The monoisotopic (exact) mass is 353 g/mol. The van der Waals surface area contributed by atoms with Crippen LogP contribution in [-0.4, -0.2) is 5.91 Å². The molecule has 0 aliphatic heterocycles. The lowest BCUT2D eigenvalue weighted by atomic mass is 10.1. The summed E-state index contributed by atoms with van der Waals surface area (Å²) in [6.07, 6.45) is 0. The average Bonchev–Trinajstić information content (AvgIpc) is 2.41. The molecule has 4 nitrogen and oxygen atoms in total. The second kappa shape index (κ2) is 6.26. The Morgan fingerprint density at radius 3 is 2.60 bits per heavy atom. The van der Waals surface area contributed by atoms with Crippen molar-refractivity contribution in [1.29, 1.82) is 0 Å². The second-order valence-electron chi connectivity index (χ2n) is 4.25. The third kappa shape index (κ3) is 3.30. The van der Waals surface area contributed by atoms with E-state index in [4.69, 9.17) is 17.4 Å². The van der Waals surface area contributed by atoms with Gasteiger partial charge in [0.05, 0.1) is 10.7 Å². The SMILES string of the molecule is Cc1cc(NN)ccc1C(=O)Nc1ccc(Br)cc1Cl. The van der Waals surface area contributed by atoms with Crippen LogP contribution in [0.5, 0.6) is 0 Å². The lowest BCUT2D eigenvalue weighted by Gasteiger charge is -2.10. The number of rotatable bonds is 3. The standard InChI is InChI=1S/C14H13BrClN3O/c1-8-6-10(19-17)3-4-11(8)14(20)18-13-5-2-9(15)7-12(13)16/h2-7,19H,17H2,1H3,(H,18,20). The first kappa shape index (κ1) is 14.8. The van der Waals surface area contributed by atoms with Gasteiger partial charge in [-0.1, -0.05) is 27.5 Å². The molecule has 20 heavy (non-hydrogen) atoms. The Morgan fingerprint density at radius 1 is 1.25 bits per heavy atom. The Hall–Kier alpha value is -1.56. The Balaban J connectivity index is 2.24. The number of nitrogens with one attached hydrogen (secondary N) is 2. The highest BCUT2D eigenvalue weighted by Crippen LogP contribution is 2.26. The molecule has 0 saturated heterocycles. The summed E-state index contributed by atoms with van der Waals surface area (Å²) in [5, 5.41) is 3.27. The van der Waals surface area contributed by atoms with Crippen molar-refractivity contribution < 1.29 is 4.79 Å². The van der Waals surface area contributed by atoms with Crippen molar-refractivity contribution in [2.45, 2.75) is 6.92 Å². The van der Waals surface area contributed by atoms with Gasteiger partial charge in [-0.05, 0) is 48.9 Å². The van der Waals surface area contributed by atoms with Gasteiger partial charge < -0.3 is 10.7 Å². The normalized spacial score (nSPS) is 10.2. The van der Waals surface area contributed by atoms with Gasteiger partial charge in [-0.25, -0.2) is 0 Å². The third-order valence-corrected chi connectivity index (χ3v) is 3.62. The van der Waals surface area contributed by atoms with E-state index in [-0.39, 0.29) is 5.91 Å². The van der Waals surface area contributed by atoms with E-state index in [1.807, 2.05) is 13.0 Å². The summed E-state index contributed by atoms with van der Waals surface area (Å²) in [5.74, 6) is 5.12. The third-order valence-electron chi connectivity index (χ3n) is 2.82. The minimum atomic E-state index is -0.213. The van der Waals surface area contributed by atoms with E-state index in [0.29, 0.717) is 16.3 Å². The molecule has 6 heteroatoms. The minimum Gasteiger partial charge on any atom is -0.324 e. The summed E-state index contributed by atoms with van der Waals surface area (Å²) in [4.78, 5) is 12.2. The molecule has 0 unspecified atom stereocenters. The van der Waals surface area contributed by atoms with Crippen LogP contribution in [0.2, 0.25) is 5.02 Å². The number of amides is 1. The molecular formula is C14H13BrClN3O. The lowest BCUT2D eigenvalue weighted by Crippen LogP contribution is -2.14. The average molecular weight is 355 g/mol. The molecule has 2 rings (SSSR count). The summed E-state index contributed by atoms with van der Waals surface area (Å²) < 4.78 is 0.857. The van der Waals surface area contributed by atoms with Gasteiger partial charge in [0.15, 0.2) is 0 Å². The van der Waals surface area contributed by atoms with Gasteiger partial charge in [0.25, 0.3) is 5.91 Å². The molecule has 0 radical (unpaired) electrons. The molecule has 0 bridgehead atoms. The molecule has 1 amide bonds. The molecule has 104 valence electrons. The number of aryl methyl sites for hydroxylation is 1. The van der Waals surface area contributed by atoms with Gasteiger partial charge in [-0.3, -0.25) is 10.6 Å². The van der Waals surface area contributed by atoms with Crippen LogP contribution in [0.3, 0.4) is 0 Å². The van der Waals surface area contributed by atoms with Crippen molar-refractivity contribution >= 4 is 44.8 Å². The number of nitrogen functional groups attached to an aromatic ring is 1. The van der Waals surface area contributed by atoms with Gasteiger partial charge in [-0.2, -0.15) is 0 Å².